The molecule has 0 saturated heterocycles. The molecule has 4 nitrogen and oxygen atoms in total. The summed E-state index contributed by atoms with van der Waals surface area (Å²) in [6.07, 6.45) is 5.46. The Morgan fingerprint density at radius 3 is 3.25 bits per heavy atom. The number of allylic oxidation sites excluding steroid dienone is 1. The first-order valence-electron chi connectivity index (χ1n) is 3.50. The maximum atomic E-state index is 13.3. The van der Waals surface area contributed by atoms with Crippen LogP contribution in [0.2, 0.25) is 0 Å². The smallest absolute Gasteiger partial charge is 0.233 e. The van der Waals surface area contributed by atoms with Gasteiger partial charge in [0.2, 0.25) is 0 Å². The van der Waals surface area contributed by atoms with Crippen LogP contribution in [0.5, 0.6) is 0 Å². The fourth-order valence-corrected chi connectivity index (χ4v) is 0.885. The molecule has 1 unspecified atom stereocenters. The number of hydrogen-bond acceptors (Lipinski definition) is 3. The predicted octanol–water partition coefficient (Wildman–Crippen LogP) is 1.19. The van der Waals surface area contributed by atoms with Gasteiger partial charge in [-0.15, -0.1) is 0 Å². The van der Waals surface area contributed by atoms with Crippen LogP contribution in [0.15, 0.2) is 17.4 Å². The Hall–Kier alpha value is -1.52. The fraction of sp³-hybridized carbons (Fsp3) is 0.286. The Bertz CT molecular complexity index is 320. The van der Waals surface area contributed by atoms with E-state index < -0.39 is 5.67 Å². The van der Waals surface area contributed by atoms with Crippen LogP contribution in [0, 0.1) is 0 Å². The molecule has 0 bridgehead atoms. The number of aliphatic imine (C=N–C) groups is 1. The second-order valence-electron chi connectivity index (χ2n) is 2.73. The van der Waals surface area contributed by atoms with Crippen molar-refractivity contribution in [2.75, 3.05) is 0 Å². The van der Waals surface area contributed by atoms with E-state index in [1.165, 1.54) is 36.4 Å². The van der Waals surface area contributed by atoms with Gasteiger partial charge in [-0.1, -0.05) is 0 Å². The molecule has 0 aromatic carbocycles. The van der Waals surface area contributed by atoms with Gasteiger partial charge < -0.3 is 0 Å². The average Bonchev–Trinajstić information content (AvgIpc) is 2.40. The number of fused-ring (bicyclic) bond motifs is 1. The van der Waals surface area contributed by atoms with E-state index in [2.05, 4.69) is 15.1 Å². The van der Waals surface area contributed by atoms with E-state index in [0.717, 1.165) is 0 Å². The van der Waals surface area contributed by atoms with Crippen molar-refractivity contribution < 1.29 is 4.39 Å². The van der Waals surface area contributed by atoms with E-state index in [1.54, 1.807) is 0 Å². The highest BCUT2D eigenvalue weighted by Crippen LogP contribution is 2.17. The van der Waals surface area contributed by atoms with Gasteiger partial charge in [0.15, 0.2) is 5.67 Å². The predicted molar refractivity (Wildman–Crippen MR) is 43.0 cm³/mol. The lowest BCUT2D eigenvalue weighted by atomic mass is 10.1. The van der Waals surface area contributed by atoms with Crippen molar-refractivity contribution in [1.29, 1.82) is 0 Å². The van der Waals surface area contributed by atoms with E-state index in [4.69, 9.17) is 0 Å². The Balaban J connectivity index is 2.49. The number of halogens is 1. The van der Waals surface area contributed by atoms with Crippen molar-refractivity contribution in [2.45, 2.75) is 12.6 Å². The molecule has 0 spiro atoms. The van der Waals surface area contributed by atoms with Crippen molar-refractivity contribution in [1.82, 2.24) is 14.8 Å². The molecule has 0 aliphatic carbocycles. The zero-order valence-electron chi connectivity index (χ0n) is 6.48. The zero-order valence-corrected chi connectivity index (χ0v) is 6.48. The minimum atomic E-state index is -1.51. The summed E-state index contributed by atoms with van der Waals surface area (Å²) >= 11 is 0. The second kappa shape index (κ2) is 2.23. The van der Waals surface area contributed by atoms with Crippen molar-refractivity contribution in [3.05, 3.63) is 12.4 Å². The molecule has 0 amide bonds. The highest BCUT2D eigenvalue weighted by atomic mass is 19.1. The molecular formula is C7H7FN4. The van der Waals surface area contributed by atoms with Gasteiger partial charge in [0.05, 0.1) is 0 Å². The Labute approximate surface area is 68.4 Å². The first kappa shape index (κ1) is 7.15. The van der Waals surface area contributed by atoms with Gasteiger partial charge in [-0.05, 0) is 13.0 Å². The molecule has 12 heavy (non-hydrogen) atoms. The van der Waals surface area contributed by atoms with Gasteiger partial charge >= 0.3 is 0 Å². The maximum absolute atomic E-state index is 13.3. The topological polar surface area (TPSA) is 43.1 Å². The number of rotatable bonds is 0. The summed E-state index contributed by atoms with van der Waals surface area (Å²) in [5.74, 6) is 0.396. The third-order valence-corrected chi connectivity index (χ3v) is 1.53. The SMILES string of the molecule is CC1(F)C=Cn2ncnc2N=C1. The standard InChI is InChI=1S/C7H7FN4/c1-7(8)2-3-12-6(9-4-7)10-5-11-12/h2-5H,1H3. The molecule has 1 aliphatic rings. The first-order chi connectivity index (χ1) is 5.67. The van der Waals surface area contributed by atoms with Crippen LogP contribution in [0.1, 0.15) is 6.92 Å². The molecule has 0 radical (unpaired) electrons. The number of nitrogens with zero attached hydrogens (tertiary/aromatic N) is 4. The van der Waals surface area contributed by atoms with E-state index in [-0.39, 0.29) is 0 Å². The molecule has 0 saturated carbocycles. The molecule has 2 heterocycles. The van der Waals surface area contributed by atoms with Crippen LogP contribution in [0.25, 0.3) is 6.20 Å². The minimum absolute atomic E-state index is 0.396. The lowest BCUT2D eigenvalue weighted by Crippen LogP contribution is -2.14. The maximum Gasteiger partial charge on any atom is 0.251 e. The van der Waals surface area contributed by atoms with Gasteiger partial charge in [-0.3, -0.25) is 0 Å². The zero-order chi connectivity index (χ0) is 8.60. The summed E-state index contributed by atoms with van der Waals surface area (Å²) in [6.45, 7) is 1.42. The molecule has 2 rings (SSSR count). The number of hydrogen-bond donors (Lipinski definition) is 0. The normalized spacial score (nSPS) is 26.8. The third kappa shape index (κ3) is 1.13. The molecule has 1 atom stereocenters. The first-order valence-corrected chi connectivity index (χ1v) is 3.50. The van der Waals surface area contributed by atoms with Crippen LogP contribution in [-0.4, -0.2) is 26.6 Å². The van der Waals surface area contributed by atoms with Gasteiger partial charge in [0.1, 0.15) is 6.33 Å². The highest BCUT2D eigenvalue weighted by Gasteiger charge is 2.18. The molecule has 1 aromatic heterocycles. The Morgan fingerprint density at radius 2 is 2.42 bits per heavy atom. The lowest BCUT2D eigenvalue weighted by Gasteiger charge is -2.04. The molecule has 62 valence electrons. The number of alkyl halides is 1. The number of aromatic nitrogens is 3. The van der Waals surface area contributed by atoms with Crippen LogP contribution < -0.4 is 0 Å². The largest absolute Gasteiger partial charge is 0.251 e. The third-order valence-electron chi connectivity index (χ3n) is 1.53. The summed E-state index contributed by atoms with van der Waals surface area (Å²) in [6, 6.07) is 0. The molecule has 1 aliphatic heterocycles. The van der Waals surface area contributed by atoms with Crippen LogP contribution in [0.3, 0.4) is 0 Å². The highest BCUT2D eigenvalue weighted by molar-refractivity contribution is 5.75. The molecular weight excluding hydrogens is 159 g/mol. The van der Waals surface area contributed by atoms with Crippen LogP contribution >= 0.6 is 0 Å². The lowest BCUT2D eigenvalue weighted by molar-refractivity contribution is 0.363. The molecule has 0 fully saturated rings. The minimum Gasteiger partial charge on any atom is -0.233 e. The van der Waals surface area contributed by atoms with Gasteiger partial charge in [0, 0.05) is 12.4 Å². The van der Waals surface area contributed by atoms with Crippen molar-refractivity contribution in [3.8, 4) is 0 Å². The summed E-state index contributed by atoms with van der Waals surface area (Å²) < 4.78 is 14.7. The summed E-state index contributed by atoms with van der Waals surface area (Å²) in [4.78, 5) is 7.64. The summed E-state index contributed by atoms with van der Waals surface area (Å²) in [5.41, 5.74) is -1.51. The van der Waals surface area contributed by atoms with Crippen LogP contribution in [0.4, 0.5) is 10.3 Å². The van der Waals surface area contributed by atoms with E-state index >= 15 is 0 Å². The van der Waals surface area contributed by atoms with Gasteiger partial charge in [0.25, 0.3) is 5.95 Å². The van der Waals surface area contributed by atoms with E-state index in [9.17, 15) is 4.39 Å². The van der Waals surface area contributed by atoms with Crippen molar-refractivity contribution >= 4 is 18.4 Å². The van der Waals surface area contributed by atoms with E-state index in [0.29, 0.717) is 5.95 Å². The van der Waals surface area contributed by atoms with Gasteiger partial charge in [-0.25, -0.2) is 14.1 Å². The summed E-state index contributed by atoms with van der Waals surface area (Å²) in [5, 5.41) is 3.82. The monoisotopic (exact) mass is 166 g/mol. The Morgan fingerprint density at radius 1 is 1.58 bits per heavy atom. The van der Waals surface area contributed by atoms with Crippen molar-refractivity contribution in [3.63, 3.8) is 0 Å². The Kier molecular flexibility index (Phi) is 1.33. The quantitative estimate of drug-likeness (QED) is 0.581. The van der Waals surface area contributed by atoms with E-state index in [1.807, 2.05) is 0 Å². The average molecular weight is 166 g/mol. The summed E-state index contributed by atoms with van der Waals surface area (Å²) in [7, 11) is 0. The fourth-order valence-electron chi connectivity index (χ4n) is 0.885. The second-order valence-corrected chi connectivity index (χ2v) is 2.73. The molecule has 5 heteroatoms. The molecule has 0 N–H and O–H groups in total. The van der Waals surface area contributed by atoms with Crippen LogP contribution in [-0.2, 0) is 0 Å². The van der Waals surface area contributed by atoms with Crippen molar-refractivity contribution in [2.24, 2.45) is 4.99 Å². The van der Waals surface area contributed by atoms with Gasteiger partial charge in [-0.2, -0.15) is 10.1 Å². The molecule has 1 aromatic rings.